The molecule has 0 aliphatic heterocycles. The molecule has 0 aliphatic carbocycles. The molecule has 3 rings (SSSR count). The Bertz CT molecular complexity index is 986. The molecule has 0 atom stereocenters. The number of primary amides is 1. The van der Waals surface area contributed by atoms with Gasteiger partial charge < -0.3 is 15.6 Å². The summed E-state index contributed by atoms with van der Waals surface area (Å²) < 4.78 is 2.04. The lowest BCUT2D eigenvalue weighted by Gasteiger charge is -2.04. The van der Waals surface area contributed by atoms with Crippen molar-refractivity contribution in [3.63, 3.8) is 0 Å². The fourth-order valence-corrected chi connectivity index (χ4v) is 2.94. The summed E-state index contributed by atoms with van der Waals surface area (Å²) >= 11 is 0. The third-order valence-electron chi connectivity index (χ3n) is 4.27. The number of carbonyl (C=O) groups is 2. The normalized spacial score (nSPS) is 11.1. The number of nitrogens with zero attached hydrogens (tertiary/aromatic N) is 1. The van der Waals surface area contributed by atoms with Crippen molar-refractivity contribution >= 4 is 28.8 Å². The highest BCUT2D eigenvalue weighted by molar-refractivity contribution is 5.96. The quantitative estimate of drug-likeness (QED) is 0.673. The second-order valence-electron chi connectivity index (χ2n) is 6.15. The number of para-hydroxylation sites is 1. The Morgan fingerprint density at radius 3 is 2.77 bits per heavy atom. The molecule has 0 bridgehead atoms. The monoisotopic (exact) mass is 347 g/mol. The highest BCUT2D eigenvalue weighted by Crippen LogP contribution is 2.21. The number of nitrogens with two attached hydrogens (primary N) is 1. The minimum absolute atomic E-state index is 0.149. The van der Waals surface area contributed by atoms with Gasteiger partial charge in [0, 0.05) is 47.9 Å². The maximum Gasteiger partial charge on any atom is 0.248 e. The number of nitrogens with one attached hydrogen (secondary N) is 1. The average Bonchev–Trinajstić information content (AvgIpc) is 2.96. The molecule has 5 heteroatoms. The van der Waals surface area contributed by atoms with E-state index in [1.54, 1.807) is 24.3 Å². The highest BCUT2D eigenvalue weighted by Gasteiger charge is 2.04. The van der Waals surface area contributed by atoms with Gasteiger partial charge in [-0.1, -0.05) is 30.3 Å². The molecule has 1 aromatic heterocycles. The first-order chi connectivity index (χ1) is 12.5. The molecule has 0 radical (unpaired) electrons. The molecule has 132 valence electrons. The lowest BCUT2D eigenvalue weighted by atomic mass is 10.1. The van der Waals surface area contributed by atoms with Crippen LogP contribution in [0.2, 0.25) is 0 Å². The molecule has 2 amide bonds. The van der Waals surface area contributed by atoms with Crippen LogP contribution < -0.4 is 11.1 Å². The number of aromatic nitrogens is 1. The molecule has 26 heavy (non-hydrogen) atoms. The number of hydrogen-bond acceptors (Lipinski definition) is 2. The van der Waals surface area contributed by atoms with E-state index in [9.17, 15) is 9.59 Å². The molecule has 0 saturated heterocycles. The second-order valence-corrected chi connectivity index (χ2v) is 6.15. The van der Waals surface area contributed by atoms with E-state index in [0.29, 0.717) is 18.5 Å². The van der Waals surface area contributed by atoms with E-state index >= 15 is 0 Å². The van der Waals surface area contributed by atoms with Crippen LogP contribution in [0.25, 0.3) is 17.0 Å². The number of carbonyl (C=O) groups excluding carboxylic acids is 2. The first kappa shape index (κ1) is 17.5. The maximum atomic E-state index is 12.0. The van der Waals surface area contributed by atoms with E-state index in [2.05, 4.69) is 5.32 Å². The maximum absolute atomic E-state index is 12.0. The molecule has 0 saturated carbocycles. The van der Waals surface area contributed by atoms with Crippen LogP contribution in [-0.4, -0.2) is 22.9 Å². The van der Waals surface area contributed by atoms with Crippen LogP contribution in [-0.2, 0) is 18.3 Å². The number of rotatable bonds is 6. The molecule has 0 unspecified atom stereocenters. The van der Waals surface area contributed by atoms with Crippen molar-refractivity contribution in [1.82, 2.24) is 9.88 Å². The van der Waals surface area contributed by atoms with Gasteiger partial charge in [0.1, 0.15) is 0 Å². The Labute approximate surface area is 152 Å². The van der Waals surface area contributed by atoms with Crippen LogP contribution >= 0.6 is 0 Å². The third kappa shape index (κ3) is 4.00. The third-order valence-corrected chi connectivity index (χ3v) is 4.27. The van der Waals surface area contributed by atoms with Crippen molar-refractivity contribution in [1.29, 1.82) is 0 Å². The minimum Gasteiger partial charge on any atom is -0.366 e. The lowest BCUT2D eigenvalue weighted by Crippen LogP contribution is -2.23. The summed E-state index contributed by atoms with van der Waals surface area (Å²) in [6, 6.07) is 15.2. The van der Waals surface area contributed by atoms with E-state index in [0.717, 1.165) is 22.0 Å². The number of fused-ring (bicyclic) bond motifs is 1. The van der Waals surface area contributed by atoms with E-state index in [4.69, 9.17) is 5.73 Å². The van der Waals surface area contributed by atoms with Crippen LogP contribution in [0, 0.1) is 0 Å². The smallest absolute Gasteiger partial charge is 0.248 e. The van der Waals surface area contributed by atoms with Gasteiger partial charge in [-0.15, -0.1) is 0 Å². The molecule has 0 fully saturated rings. The van der Waals surface area contributed by atoms with Gasteiger partial charge in [0.05, 0.1) is 0 Å². The molecule has 0 spiro atoms. The zero-order valence-electron chi connectivity index (χ0n) is 14.6. The zero-order chi connectivity index (χ0) is 18.5. The molecule has 3 N–H and O–H groups in total. The molecular formula is C21H21N3O2. The number of amides is 2. The van der Waals surface area contributed by atoms with Gasteiger partial charge in [0.2, 0.25) is 11.8 Å². The summed E-state index contributed by atoms with van der Waals surface area (Å²) in [7, 11) is 1.99. The molecule has 3 aromatic rings. The van der Waals surface area contributed by atoms with E-state index in [1.807, 2.05) is 54.2 Å². The predicted octanol–water partition coefficient (Wildman–Crippen LogP) is 2.65. The zero-order valence-corrected chi connectivity index (χ0v) is 14.6. The molecule has 5 nitrogen and oxygen atoms in total. The van der Waals surface area contributed by atoms with Gasteiger partial charge >= 0.3 is 0 Å². The van der Waals surface area contributed by atoms with E-state index < -0.39 is 5.91 Å². The van der Waals surface area contributed by atoms with Crippen LogP contribution in [0.4, 0.5) is 0 Å². The summed E-state index contributed by atoms with van der Waals surface area (Å²) in [6.07, 6.45) is 6.01. The molecule has 1 heterocycles. The minimum atomic E-state index is -0.450. The van der Waals surface area contributed by atoms with Crippen molar-refractivity contribution in [3.05, 3.63) is 77.5 Å². The van der Waals surface area contributed by atoms with Crippen LogP contribution in [0.15, 0.2) is 60.8 Å². The van der Waals surface area contributed by atoms with E-state index in [1.165, 1.54) is 0 Å². The Kier molecular flexibility index (Phi) is 5.17. The van der Waals surface area contributed by atoms with Crippen molar-refractivity contribution in [2.45, 2.75) is 6.42 Å². The first-order valence-corrected chi connectivity index (χ1v) is 8.43. The number of benzene rings is 2. The summed E-state index contributed by atoms with van der Waals surface area (Å²) in [5.41, 5.74) is 8.84. The Hall–Kier alpha value is -3.34. The number of hydrogen-bond donors (Lipinski definition) is 2. The number of aryl methyl sites for hydroxylation is 1. The largest absolute Gasteiger partial charge is 0.366 e. The van der Waals surface area contributed by atoms with Gasteiger partial charge in [0.25, 0.3) is 0 Å². The van der Waals surface area contributed by atoms with Crippen molar-refractivity contribution < 1.29 is 9.59 Å². The lowest BCUT2D eigenvalue weighted by molar-refractivity contribution is -0.116. The molecule has 2 aromatic carbocycles. The predicted molar refractivity (Wildman–Crippen MR) is 104 cm³/mol. The van der Waals surface area contributed by atoms with Gasteiger partial charge in [0.15, 0.2) is 0 Å². The SMILES string of the molecule is Cn1cc(C=CC(=O)NCCc2cccc(C(N)=O)c2)c2ccccc21. The van der Waals surface area contributed by atoms with Crippen molar-refractivity contribution in [3.8, 4) is 0 Å². The fourth-order valence-electron chi connectivity index (χ4n) is 2.94. The summed E-state index contributed by atoms with van der Waals surface area (Å²) in [5.74, 6) is -0.599. The van der Waals surface area contributed by atoms with Gasteiger partial charge in [-0.2, -0.15) is 0 Å². The summed E-state index contributed by atoms with van der Waals surface area (Å²) in [4.78, 5) is 23.2. The summed E-state index contributed by atoms with van der Waals surface area (Å²) in [5, 5.41) is 3.97. The van der Waals surface area contributed by atoms with Crippen molar-refractivity contribution in [2.75, 3.05) is 6.54 Å². The van der Waals surface area contributed by atoms with Crippen LogP contribution in [0.3, 0.4) is 0 Å². The Morgan fingerprint density at radius 2 is 1.96 bits per heavy atom. The van der Waals surface area contributed by atoms with Gasteiger partial charge in [-0.05, 0) is 36.3 Å². The molecular weight excluding hydrogens is 326 g/mol. The highest BCUT2D eigenvalue weighted by atomic mass is 16.1. The van der Waals surface area contributed by atoms with Gasteiger partial charge in [-0.25, -0.2) is 0 Å². The topological polar surface area (TPSA) is 77.1 Å². The van der Waals surface area contributed by atoms with Crippen LogP contribution in [0.5, 0.6) is 0 Å². The first-order valence-electron chi connectivity index (χ1n) is 8.43. The van der Waals surface area contributed by atoms with Gasteiger partial charge in [-0.3, -0.25) is 9.59 Å². The van der Waals surface area contributed by atoms with Crippen molar-refractivity contribution in [2.24, 2.45) is 12.8 Å². The Balaban J connectivity index is 1.58. The fraction of sp³-hybridized carbons (Fsp3) is 0.143. The molecule has 0 aliphatic rings. The summed E-state index contributed by atoms with van der Waals surface area (Å²) in [6.45, 7) is 0.487. The van der Waals surface area contributed by atoms with E-state index in [-0.39, 0.29) is 5.91 Å². The Morgan fingerprint density at radius 1 is 1.15 bits per heavy atom. The van der Waals surface area contributed by atoms with Crippen LogP contribution in [0.1, 0.15) is 21.5 Å². The second kappa shape index (κ2) is 7.70. The standard InChI is InChI=1S/C21H21N3O2/c1-24-14-17(18-7-2-3-8-19(18)24)9-10-20(25)23-12-11-15-5-4-6-16(13-15)21(22)26/h2-10,13-14H,11-12H2,1H3,(H2,22,26)(H,23,25). The average molecular weight is 347 g/mol.